The van der Waals surface area contributed by atoms with E-state index in [9.17, 15) is 9.18 Å². The molecule has 0 aliphatic carbocycles. The summed E-state index contributed by atoms with van der Waals surface area (Å²) >= 11 is 0. The van der Waals surface area contributed by atoms with Gasteiger partial charge in [0.25, 0.3) is 0 Å². The van der Waals surface area contributed by atoms with Crippen molar-refractivity contribution in [1.82, 2.24) is 9.97 Å². The molecule has 0 saturated heterocycles. The Morgan fingerprint density at radius 2 is 2.06 bits per heavy atom. The summed E-state index contributed by atoms with van der Waals surface area (Å²) in [6.45, 7) is 1.83. The third-order valence-electron chi connectivity index (χ3n) is 2.15. The second kappa shape index (κ2) is 4.18. The summed E-state index contributed by atoms with van der Waals surface area (Å²) in [4.78, 5) is 19.4. The molecule has 2 heterocycles. The Labute approximate surface area is 92.0 Å². The molecule has 0 saturated carbocycles. The van der Waals surface area contributed by atoms with Gasteiger partial charge in [0.15, 0.2) is 11.6 Å². The molecule has 0 aliphatic rings. The first-order chi connectivity index (χ1) is 7.68. The van der Waals surface area contributed by atoms with E-state index < -0.39 is 5.82 Å². The Morgan fingerprint density at radius 1 is 1.25 bits per heavy atom. The molecule has 0 aliphatic heterocycles. The van der Waals surface area contributed by atoms with E-state index in [1.165, 1.54) is 18.5 Å². The quantitative estimate of drug-likeness (QED) is 0.722. The summed E-state index contributed by atoms with van der Waals surface area (Å²) in [7, 11) is 0. The highest BCUT2D eigenvalue weighted by atomic mass is 19.1. The van der Waals surface area contributed by atoms with Crippen molar-refractivity contribution in [3.05, 3.63) is 59.4 Å². The van der Waals surface area contributed by atoms with Gasteiger partial charge in [0.1, 0.15) is 0 Å². The number of aryl methyl sites for hydroxylation is 1. The van der Waals surface area contributed by atoms with Gasteiger partial charge in [-0.2, -0.15) is 0 Å². The topological polar surface area (TPSA) is 42.9 Å². The van der Waals surface area contributed by atoms with Crippen LogP contribution in [0.25, 0.3) is 0 Å². The predicted molar refractivity (Wildman–Crippen MR) is 56.6 cm³/mol. The molecule has 0 amide bonds. The number of rotatable bonds is 2. The van der Waals surface area contributed by atoms with E-state index >= 15 is 0 Å². The molecule has 0 radical (unpaired) electrons. The van der Waals surface area contributed by atoms with Crippen LogP contribution in [-0.2, 0) is 0 Å². The molecule has 2 rings (SSSR count). The van der Waals surface area contributed by atoms with Gasteiger partial charge in [-0.05, 0) is 24.6 Å². The first kappa shape index (κ1) is 10.4. The first-order valence-electron chi connectivity index (χ1n) is 4.74. The van der Waals surface area contributed by atoms with Gasteiger partial charge >= 0.3 is 0 Å². The Kier molecular flexibility index (Phi) is 2.72. The second-order valence-corrected chi connectivity index (χ2v) is 3.44. The van der Waals surface area contributed by atoms with Crippen molar-refractivity contribution in [2.45, 2.75) is 6.92 Å². The maximum Gasteiger partial charge on any atom is 0.197 e. The number of pyridine rings is 2. The van der Waals surface area contributed by atoms with Crippen molar-refractivity contribution < 1.29 is 9.18 Å². The van der Waals surface area contributed by atoms with Crippen LogP contribution >= 0.6 is 0 Å². The summed E-state index contributed by atoms with van der Waals surface area (Å²) < 4.78 is 13.3. The Morgan fingerprint density at radius 3 is 2.75 bits per heavy atom. The number of carbonyl (C=O) groups is 1. The van der Waals surface area contributed by atoms with E-state index in [1.54, 1.807) is 12.3 Å². The highest BCUT2D eigenvalue weighted by Crippen LogP contribution is 2.12. The van der Waals surface area contributed by atoms with Gasteiger partial charge in [0, 0.05) is 24.2 Å². The van der Waals surface area contributed by atoms with Gasteiger partial charge in [0.2, 0.25) is 0 Å². The molecular weight excluding hydrogens is 207 g/mol. The average Bonchev–Trinajstić information content (AvgIpc) is 2.29. The molecule has 0 atom stereocenters. The zero-order chi connectivity index (χ0) is 11.5. The second-order valence-electron chi connectivity index (χ2n) is 3.44. The number of carbonyl (C=O) groups excluding carboxylic acids is 1. The molecular formula is C12H9FN2O. The van der Waals surface area contributed by atoms with Crippen molar-refractivity contribution in [2.75, 3.05) is 0 Å². The number of aromatic nitrogens is 2. The Hall–Kier alpha value is -2.10. The zero-order valence-electron chi connectivity index (χ0n) is 8.64. The Bertz CT molecular complexity index is 540. The van der Waals surface area contributed by atoms with Crippen LogP contribution in [0.1, 0.15) is 21.5 Å². The maximum absolute atomic E-state index is 13.3. The fraction of sp³-hybridized carbons (Fsp3) is 0.0833. The fourth-order valence-corrected chi connectivity index (χ4v) is 1.39. The van der Waals surface area contributed by atoms with Crippen LogP contribution in [0.3, 0.4) is 0 Å². The van der Waals surface area contributed by atoms with Gasteiger partial charge in [-0.25, -0.2) is 4.39 Å². The molecule has 16 heavy (non-hydrogen) atoms. The molecule has 0 bridgehead atoms. The number of nitrogens with zero attached hydrogens (tertiary/aromatic N) is 2. The smallest absolute Gasteiger partial charge is 0.197 e. The lowest BCUT2D eigenvalue weighted by molar-refractivity contribution is 0.103. The van der Waals surface area contributed by atoms with Crippen LogP contribution < -0.4 is 0 Å². The minimum absolute atomic E-state index is 0.0161. The third kappa shape index (κ3) is 1.95. The van der Waals surface area contributed by atoms with Crippen molar-refractivity contribution in [3.63, 3.8) is 0 Å². The monoisotopic (exact) mass is 216 g/mol. The van der Waals surface area contributed by atoms with Crippen molar-refractivity contribution in [1.29, 1.82) is 0 Å². The standard InChI is InChI=1S/C12H9FN2O/c1-8-4-9(6-15-5-8)12(16)10-2-3-14-7-11(10)13/h2-7H,1H3. The van der Waals surface area contributed by atoms with Gasteiger partial charge in [-0.15, -0.1) is 0 Å². The van der Waals surface area contributed by atoms with Gasteiger partial charge in [0.05, 0.1) is 11.8 Å². The van der Waals surface area contributed by atoms with Crippen LogP contribution in [0.15, 0.2) is 36.9 Å². The van der Waals surface area contributed by atoms with Crippen LogP contribution in [0, 0.1) is 12.7 Å². The third-order valence-corrected chi connectivity index (χ3v) is 2.15. The van der Waals surface area contributed by atoms with E-state index in [0.717, 1.165) is 11.8 Å². The molecule has 0 aromatic carbocycles. The van der Waals surface area contributed by atoms with E-state index in [0.29, 0.717) is 5.56 Å². The molecule has 80 valence electrons. The molecule has 2 aromatic heterocycles. The lowest BCUT2D eigenvalue weighted by Crippen LogP contribution is -2.05. The van der Waals surface area contributed by atoms with Crippen molar-refractivity contribution in [3.8, 4) is 0 Å². The number of hydrogen-bond donors (Lipinski definition) is 0. The first-order valence-corrected chi connectivity index (χ1v) is 4.74. The molecule has 0 unspecified atom stereocenters. The summed E-state index contributed by atoms with van der Waals surface area (Å²) in [5.41, 5.74) is 1.26. The number of ketones is 1. The Balaban J connectivity index is 2.44. The minimum Gasteiger partial charge on any atom is -0.288 e. The van der Waals surface area contributed by atoms with Crippen molar-refractivity contribution in [2.24, 2.45) is 0 Å². The summed E-state index contributed by atoms with van der Waals surface area (Å²) in [5, 5.41) is 0. The summed E-state index contributed by atoms with van der Waals surface area (Å²) in [6, 6.07) is 3.04. The van der Waals surface area contributed by atoms with E-state index in [-0.39, 0.29) is 11.3 Å². The van der Waals surface area contributed by atoms with Gasteiger partial charge in [-0.3, -0.25) is 14.8 Å². The highest BCUT2D eigenvalue weighted by molar-refractivity contribution is 6.08. The van der Waals surface area contributed by atoms with E-state index in [1.807, 2.05) is 6.92 Å². The van der Waals surface area contributed by atoms with Crippen molar-refractivity contribution >= 4 is 5.78 Å². The van der Waals surface area contributed by atoms with Gasteiger partial charge < -0.3 is 0 Å². The normalized spacial score (nSPS) is 10.1. The number of hydrogen-bond acceptors (Lipinski definition) is 3. The molecule has 0 fully saturated rings. The average molecular weight is 216 g/mol. The molecule has 3 nitrogen and oxygen atoms in total. The molecule has 2 aromatic rings. The van der Waals surface area contributed by atoms with E-state index in [2.05, 4.69) is 9.97 Å². The number of halogens is 1. The van der Waals surface area contributed by atoms with Crippen LogP contribution in [0.4, 0.5) is 4.39 Å². The molecule has 0 spiro atoms. The van der Waals surface area contributed by atoms with Crippen LogP contribution in [0.2, 0.25) is 0 Å². The van der Waals surface area contributed by atoms with Crippen LogP contribution in [0.5, 0.6) is 0 Å². The predicted octanol–water partition coefficient (Wildman–Crippen LogP) is 2.16. The summed E-state index contributed by atoms with van der Waals surface area (Å²) in [6.07, 6.45) is 5.48. The molecule has 4 heteroatoms. The van der Waals surface area contributed by atoms with Crippen LogP contribution in [-0.4, -0.2) is 15.8 Å². The lowest BCUT2D eigenvalue weighted by atomic mass is 10.0. The maximum atomic E-state index is 13.3. The zero-order valence-corrected chi connectivity index (χ0v) is 8.64. The van der Waals surface area contributed by atoms with Gasteiger partial charge in [-0.1, -0.05) is 0 Å². The molecule has 0 N–H and O–H groups in total. The lowest BCUT2D eigenvalue weighted by Gasteiger charge is -2.02. The summed E-state index contributed by atoms with van der Waals surface area (Å²) in [5.74, 6) is -0.995. The highest BCUT2D eigenvalue weighted by Gasteiger charge is 2.13. The largest absolute Gasteiger partial charge is 0.288 e. The minimum atomic E-state index is -0.617. The van der Waals surface area contributed by atoms with E-state index in [4.69, 9.17) is 0 Å². The SMILES string of the molecule is Cc1cncc(C(=O)c2ccncc2F)c1. The fourth-order valence-electron chi connectivity index (χ4n) is 1.39.